The molecule has 0 saturated heterocycles. The van der Waals surface area contributed by atoms with Crippen molar-refractivity contribution < 1.29 is 18.6 Å². The second kappa shape index (κ2) is 6.58. The molecule has 0 atom stereocenters. The van der Waals surface area contributed by atoms with E-state index in [1.165, 1.54) is 16.9 Å². The third-order valence-electron chi connectivity index (χ3n) is 3.23. The van der Waals surface area contributed by atoms with Crippen molar-refractivity contribution in [1.29, 1.82) is 0 Å². The SMILES string of the molecule is C[Si](C)(C)CCOCn1cc(-c2ccc(O)c(F)c2F)cn1. The van der Waals surface area contributed by atoms with E-state index in [2.05, 4.69) is 24.7 Å². The summed E-state index contributed by atoms with van der Waals surface area (Å²) in [4.78, 5) is 0. The zero-order valence-electron chi connectivity index (χ0n) is 12.9. The Morgan fingerprint density at radius 1 is 1.23 bits per heavy atom. The number of aromatic hydroxyl groups is 1. The van der Waals surface area contributed by atoms with Crippen LogP contribution in [0.2, 0.25) is 25.7 Å². The van der Waals surface area contributed by atoms with E-state index in [9.17, 15) is 8.78 Å². The van der Waals surface area contributed by atoms with E-state index in [0.717, 1.165) is 12.1 Å². The summed E-state index contributed by atoms with van der Waals surface area (Å²) in [7, 11) is -1.13. The molecule has 22 heavy (non-hydrogen) atoms. The summed E-state index contributed by atoms with van der Waals surface area (Å²) < 4.78 is 34.2. The van der Waals surface area contributed by atoms with Gasteiger partial charge in [0.2, 0.25) is 5.82 Å². The summed E-state index contributed by atoms with van der Waals surface area (Å²) in [6.45, 7) is 7.74. The van der Waals surface area contributed by atoms with Crippen molar-refractivity contribution in [2.24, 2.45) is 0 Å². The average molecular weight is 326 g/mol. The van der Waals surface area contributed by atoms with Crippen LogP contribution >= 0.6 is 0 Å². The largest absolute Gasteiger partial charge is 0.505 e. The highest BCUT2D eigenvalue weighted by Crippen LogP contribution is 2.28. The molecule has 1 heterocycles. The Labute approximate surface area is 129 Å². The van der Waals surface area contributed by atoms with Crippen molar-refractivity contribution in [3.8, 4) is 16.9 Å². The van der Waals surface area contributed by atoms with E-state index >= 15 is 0 Å². The lowest BCUT2D eigenvalue weighted by Gasteiger charge is -2.15. The molecule has 0 aliphatic heterocycles. The quantitative estimate of drug-likeness (QED) is 0.648. The average Bonchev–Trinajstić information content (AvgIpc) is 2.89. The normalized spacial score (nSPS) is 11.9. The van der Waals surface area contributed by atoms with Crippen LogP contribution in [0.15, 0.2) is 24.5 Å². The van der Waals surface area contributed by atoms with E-state index in [1.54, 1.807) is 6.20 Å². The third-order valence-corrected chi connectivity index (χ3v) is 4.93. The van der Waals surface area contributed by atoms with Gasteiger partial charge in [0.15, 0.2) is 11.6 Å². The molecule has 0 unspecified atom stereocenters. The molecule has 0 bridgehead atoms. The summed E-state index contributed by atoms with van der Waals surface area (Å²) in [5.74, 6) is -3.04. The van der Waals surface area contributed by atoms with Crippen LogP contribution in [0.25, 0.3) is 11.1 Å². The molecular weight excluding hydrogens is 306 g/mol. The smallest absolute Gasteiger partial charge is 0.200 e. The number of halogens is 2. The Morgan fingerprint density at radius 2 is 1.95 bits per heavy atom. The molecule has 0 amide bonds. The standard InChI is InChI=1S/C15H20F2N2O2Si/c1-22(2,3)7-6-21-10-19-9-11(8-18-19)12-4-5-13(20)15(17)14(12)16/h4-5,8-9,20H,6-7,10H2,1-3H3. The highest BCUT2D eigenvalue weighted by Gasteiger charge is 2.15. The van der Waals surface area contributed by atoms with Gasteiger partial charge in [0.1, 0.15) is 6.73 Å². The van der Waals surface area contributed by atoms with Gasteiger partial charge in [-0.2, -0.15) is 9.49 Å². The fraction of sp³-hybridized carbons (Fsp3) is 0.400. The van der Waals surface area contributed by atoms with Crippen molar-refractivity contribution in [3.63, 3.8) is 0 Å². The second-order valence-corrected chi connectivity index (χ2v) is 12.0. The summed E-state index contributed by atoms with van der Waals surface area (Å²) in [6, 6.07) is 3.50. The first-order chi connectivity index (χ1) is 10.3. The maximum Gasteiger partial charge on any atom is 0.200 e. The minimum atomic E-state index is -1.25. The molecule has 2 rings (SSSR count). The lowest BCUT2D eigenvalue weighted by molar-refractivity contribution is 0.0786. The van der Waals surface area contributed by atoms with E-state index in [4.69, 9.17) is 9.84 Å². The Balaban J connectivity index is 2.02. The summed E-state index contributed by atoms with van der Waals surface area (Å²) in [5.41, 5.74) is 0.494. The fourth-order valence-electron chi connectivity index (χ4n) is 1.87. The number of phenolic OH excluding ortho intramolecular Hbond substituents is 1. The molecule has 4 nitrogen and oxygen atoms in total. The molecule has 0 aliphatic rings. The molecule has 0 aliphatic carbocycles. The van der Waals surface area contributed by atoms with Gasteiger partial charge < -0.3 is 9.84 Å². The highest BCUT2D eigenvalue weighted by molar-refractivity contribution is 6.76. The van der Waals surface area contributed by atoms with Crippen LogP contribution in [0, 0.1) is 11.6 Å². The van der Waals surface area contributed by atoms with Gasteiger partial charge in [-0.1, -0.05) is 19.6 Å². The minimum Gasteiger partial charge on any atom is -0.505 e. The molecule has 2 aromatic rings. The number of aromatic nitrogens is 2. The Morgan fingerprint density at radius 3 is 2.64 bits per heavy atom. The van der Waals surface area contributed by atoms with Crippen molar-refractivity contribution in [1.82, 2.24) is 9.78 Å². The molecule has 0 spiro atoms. The first kappa shape index (κ1) is 16.6. The predicted octanol–water partition coefficient (Wildman–Crippen LogP) is 3.85. The number of benzene rings is 1. The third kappa shape index (κ3) is 4.14. The zero-order valence-corrected chi connectivity index (χ0v) is 13.9. The summed E-state index contributed by atoms with van der Waals surface area (Å²) in [5, 5.41) is 13.2. The molecule has 120 valence electrons. The summed E-state index contributed by atoms with van der Waals surface area (Å²) >= 11 is 0. The fourth-order valence-corrected chi connectivity index (χ4v) is 2.63. The van der Waals surface area contributed by atoms with Crippen molar-refractivity contribution in [3.05, 3.63) is 36.2 Å². The predicted molar refractivity (Wildman–Crippen MR) is 83.3 cm³/mol. The Kier molecular flexibility index (Phi) is 4.97. The first-order valence-corrected chi connectivity index (χ1v) is 10.8. The van der Waals surface area contributed by atoms with Gasteiger partial charge in [-0.05, 0) is 18.2 Å². The van der Waals surface area contributed by atoms with Gasteiger partial charge in [-0.15, -0.1) is 0 Å². The van der Waals surface area contributed by atoms with E-state index in [-0.39, 0.29) is 12.3 Å². The van der Waals surface area contributed by atoms with Gasteiger partial charge >= 0.3 is 0 Å². The van der Waals surface area contributed by atoms with Gasteiger partial charge in [-0.3, -0.25) is 0 Å². The maximum absolute atomic E-state index is 13.8. The number of nitrogens with zero attached hydrogens (tertiary/aromatic N) is 2. The minimum absolute atomic E-state index is 0.0589. The van der Waals surface area contributed by atoms with Crippen LogP contribution in [0.1, 0.15) is 0 Å². The molecule has 0 saturated carbocycles. The van der Waals surface area contributed by atoms with Gasteiger partial charge in [0.25, 0.3) is 0 Å². The second-order valence-electron chi connectivity index (χ2n) is 6.38. The summed E-state index contributed by atoms with van der Waals surface area (Å²) in [6.07, 6.45) is 3.03. The monoisotopic (exact) mass is 326 g/mol. The molecular formula is C15H20F2N2O2Si. The van der Waals surface area contributed by atoms with Crippen LogP contribution in [-0.2, 0) is 11.5 Å². The lowest BCUT2D eigenvalue weighted by atomic mass is 10.1. The van der Waals surface area contributed by atoms with Gasteiger partial charge in [0, 0.05) is 32.0 Å². The molecule has 0 fully saturated rings. The Bertz CT molecular complexity index is 653. The van der Waals surface area contributed by atoms with Crippen molar-refractivity contribution in [2.45, 2.75) is 32.4 Å². The highest BCUT2D eigenvalue weighted by atomic mass is 28.3. The van der Waals surface area contributed by atoms with E-state index in [1.807, 2.05) is 0 Å². The van der Waals surface area contributed by atoms with Crippen LogP contribution in [0.3, 0.4) is 0 Å². The van der Waals surface area contributed by atoms with E-state index < -0.39 is 25.5 Å². The number of rotatable bonds is 6. The molecule has 1 aromatic heterocycles. The van der Waals surface area contributed by atoms with Crippen LogP contribution in [0.4, 0.5) is 8.78 Å². The van der Waals surface area contributed by atoms with Crippen molar-refractivity contribution in [2.75, 3.05) is 6.61 Å². The van der Waals surface area contributed by atoms with Crippen LogP contribution in [-0.4, -0.2) is 29.6 Å². The number of phenols is 1. The van der Waals surface area contributed by atoms with Crippen LogP contribution in [0.5, 0.6) is 5.75 Å². The van der Waals surface area contributed by atoms with Crippen LogP contribution < -0.4 is 0 Å². The van der Waals surface area contributed by atoms with Gasteiger partial charge in [0.05, 0.1) is 6.20 Å². The topological polar surface area (TPSA) is 47.3 Å². The lowest BCUT2D eigenvalue weighted by Crippen LogP contribution is -2.22. The number of ether oxygens (including phenoxy) is 1. The van der Waals surface area contributed by atoms with Crippen molar-refractivity contribution >= 4 is 8.07 Å². The number of hydrogen-bond donors (Lipinski definition) is 1. The number of hydrogen-bond acceptors (Lipinski definition) is 3. The molecule has 1 aromatic carbocycles. The first-order valence-electron chi connectivity index (χ1n) is 7.05. The maximum atomic E-state index is 13.8. The molecule has 7 heteroatoms. The molecule has 1 N–H and O–H groups in total. The van der Waals surface area contributed by atoms with E-state index in [0.29, 0.717) is 12.2 Å². The molecule has 0 radical (unpaired) electrons. The zero-order chi connectivity index (χ0) is 16.3. The van der Waals surface area contributed by atoms with Gasteiger partial charge in [-0.25, -0.2) is 9.07 Å². The Hall–Kier alpha value is -1.73.